The van der Waals surface area contributed by atoms with Crippen molar-refractivity contribution in [2.75, 3.05) is 0 Å². The van der Waals surface area contributed by atoms with E-state index in [1.54, 1.807) is 36.4 Å². The fourth-order valence-electron chi connectivity index (χ4n) is 3.50. The van der Waals surface area contributed by atoms with Gasteiger partial charge < -0.3 is 5.32 Å². The van der Waals surface area contributed by atoms with E-state index in [9.17, 15) is 13.6 Å². The molecule has 4 aromatic rings. The Morgan fingerprint density at radius 1 is 0.939 bits per heavy atom. The summed E-state index contributed by atoms with van der Waals surface area (Å²) in [6.07, 6.45) is 1.92. The van der Waals surface area contributed by atoms with Crippen molar-refractivity contribution in [1.29, 1.82) is 0 Å². The number of hydrogen-bond donors (Lipinski definition) is 1. The molecule has 0 atom stereocenters. The van der Waals surface area contributed by atoms with E-state index in [2.05, 4.69) is 20.5 Å². The molecule has 5 nitrogen and oxygen atoms in total. The average Bonchev–Trinajstić information content (AvgIpc) is 3.56. The fourth-order valence-corrected chi connectivity index (χ4v) is 3.50. The molecule has 0 bridgehead atoms. The normalized spacial score (nSPS) is 13.7. The maximum Gasteiger partial charge on any atom is 0.270 e. The van der Waals surface area contributed by atoms with E-state index in [4.69, 9.17) is 0 Å². The standard InChI is InChI=1S/C24H18F2N4O.C2H6.H2/c1-24(11-12-24)28-23(31)19-10-4-9-18(27-19)15-6-2-5-14-13-20(29-30-22(14)15)21-16(25)7-3-8-17(21)26;1-2;/h2-10,13H,11-12H2,1H3,(H,28,31);1-2H3;1H. The Labute approximate surface area is 192 Å². The number of nitrogens with zero attached hydrogens (tertiary/aromatic N) is 3. The van der Waals surface area contributed by atoms with Crippen LogP contribution in [0.1, 0.15) is 45.5 Å². The zero-order valence-corrected chi connectivity index (χ0v) is 18.7. The SMILES string of the molecule is CC.CC1(NC(=O)c2cccc(-c3cccc4cc(-c5c(F)cccc5F)nnc34)n2)CC1.[HH]. The van der Waals surface area contributed by atoms with Gasteiger partial charge in [0.1, 0.15) is 22.8 Å². The largest absolute Gasteiger partial charge is 0.346 e. The van der Waals surface area contributed by atoms with Gasteiger partial charge in [-0.05, 0) is 50.1 Å². The lowest BCUT2D eigenvalue weighted by molar-refractivity contribution is 0.0930. The van der Waals surface area contributed by atoms with Crippen molar-refractivity contribution in [3.05, 3.63) is 78.0 Å². The number of nitrogens with one attached hydrogen (secondary N) is 1. The van der Waals surface area contributed by atoms with Crippen molar-refractivity contribution in [1.82, 2.24) is 20.5 Å². The molecule has 0 unspecified atom stereocenters. The molecule has 1 aliphatic carbocycles. The summed E-state index contributed by atoms with van der Waals surface area (Å²) in [5.41, 5.74) is 1.85. The molecule has 2 heterocycles. The first-order chi connectivity index (χ1) is 15.9. The van der Waals surface area contributed by atoms with Crippen molar-refractivity contribution < 1.29 is 15.0 Å². The zero-order chi connectivity index (χ0) is 23.6. The first kappa shape index (κ1) is 22.5. The summed E-state index contributed by atoms with van der Waals surface area (Å²) in [6.45, 7) is 6.00. The quantitative estimate of drug-likeness (QED) is 0.404. The number of amides is 1. The highest BCUT2D eigenvalue weighted by atomic mass is 19.1. The topological polar surface area (TPSA) is 67.8 Å². The van der Waals surface area contributed by atoms with E-state index in [-0.39, 0.29) is 24.1 Å². The van der Waals surface area contributed by atoms with Crippen molar-refractivity contribution in [3.8, 4) is 22.5 Å². The summed E-state index contributed by atoms with van der Waals surface area (Å²) in [7, 11) is 0. The van der Waals surface area contributed by atoms with Crippen LogP contribution in [0.3, 0.4) is 0 Å². The van der Waals surface area contributed by atoms with Gasteiger partial charge in [-0.3, -0.25) is 4.79 Å². The molecule has 0 saturated heterocycles. The molecule has 5 rings (SSSR count). The number of aromatic nitrogens is 3. The molecule has 1 N–H and O–H groups in total. The van der Waals surface area contributed by atoms with Crippen molar-refractivity contribution in [2.45, 2.75) is 39.2 Å². The first-order valence-electron chi connectivity index (χ1n) is 10.9. The van der Waals surface area contributed by atoms with Crippen LogP contribution in [0.2, 0.25) is 0 Å². The lowest BCUT2D eigenvalue weighted by atomic mass is 10.0. The first-order valence-corrected chi connectivity index (χ1v) is 10.9. The van der Waals surface area contributed by atoms with E-state index in [1.165, 1.54) is 18.2 Å². The third-order valence-corrected chi connectivity index (χ3v) is 5.51. The Kier molecular flexibility index (Phi) is 6.14. The summed E-state index contributed by atoms with van der Waals surface area (Å²) in [4.78, 5) is 17.1. The summed E-state index contributed by atoms with van der Waals surface area (Å²) in [5.74, 6) is -1.62. The Bertz CT molecular complexity index is 1320. The average molecular weight is 449 g/mol. The third-order valence-electron chi connectivity index (χ3n) is 5.51. The zero-order valence-electron chi connectivity index (χ0n) is 18.7. The van der Waals surface area contributed by atoms with Gasteiger partial charge in [0.05, 0.1) is 17.0 Å². The summed E-state index contributed by atoms with van der Waals surface area (Å²) in [6, 6.07) is 15.9. The fraction of sp³-hybridized carbons (Fsp3) is 0.231. The molecular formula is C26H26F2N4O. The van der Waals surface area contributed by atoms with Gasteiger partial charge >= 0.3 is 0 Å². The Morgan fingerprint density at radius 3 is 2.30 bits per heavy atom. The van der Waals surface area contributed by atoms with Crippen LogP contribution < -0.4 is 5.32 Å². The number of halogens is 2. The van der Waals surface area contributed by atoms with E-state index >= 15 is 0 Å². The molecule has 1 aliphatic rings. The second kappa shape index (κ2) is 9.02. The van der Waals surface area contributed by atoms with Gasteiger partial charge in [-0.2, -0.15) is 0 Å². The highest BCUT2D eigenvalue weighted by Crippen LogP contribution is 2.34. The van der Waals surface area contributed by atoms with E-state index in [0.29, 0.717) is 27.9 Å². The molecule has 1 fully saturated rings. The Balaban J connectivity index is 0.00000105. The van der Waals surface area contributed by atoms with Crippen molar-refractivity contribution in [2.24, 2.45) is 0 Å². The minimum atomic E-state index is -0.699. The van der Waals surface area contributed by atoms with Crippen molar-refractivity contribution in [3.63, 3.8) is 0 Å². The van der Waals surface area contributed by atoms with Crippen LogP contribution in [0.15, 0.2) is 60.7 Å². The van der Waals surface area contributed by atoms with Crippen molar-refractivity contribution >= 4 is 16.8 Å². The maximum atomic E-state index is 14.2. The second-order valence-electron chi connectivity index (χ2n) is 7.99. The number of pyridine rings is 1. The van der Waals surface area contributed by atoms with Crippen LogP contribution in [0.5, 0.6) is 0 Å². The lowest BCUT2D eigenvalue weighted by Gasteiger charge is -2.12. The predicted molar refractivity (Wildman–Crippen MR) is 127 cm³/mol. The molecule has 33 heavy (non-hydrogen) atoms. The van der Waals surface area contributed by atoms with E-state index in [1.807, 2.05) is 26.8 Å². The van der Waals surface area contributed by atoms with Gasteiger partial charge in [0.2, 0.25) is 0 Å². The molecule has 0 radical (unpaired) electrons. The number of fused-ring (bicyclic) bond motifs is 1. The number of benzene rings is 2. The highest BCUT2D eigenvalue weighted by Gasteiger charge is 2.39. The van der Waals surface area contributed by atoms with Gasteiger partial charge in [-0.15, -0.1) is 10.2 Å². The molecule has 0 aliphatic heterocycles. The summed E-state index contributed by atoms with van der Waals surface area (Å²) in [5, 5.41) is 12.0. The molecule has 1 amide bonds. The predicted octanol–water partition coefficient (Wildman–Crippen LogP) is 6.19. The number of rotatable bonds is 4. The number of carbonyl (C=O) groups is 1. The van der Waals surface area contributed by atoms with Gasteiger partial charge in [0.15, 0.2) is 0 Å². The van der Waals surface area contributed by atoms with Crippen LogP contribution in [-0.4, -0.2) is 26.6 Å². The molecule has 2 aromatic heterocycles. The molecule has 2 aromatic carbocycles. The summed E-state index contributed by atoms with van der Waals surface area (Å²) >= 11 is 0. The van der Waals surface area contributed by atoms with E-state index in [0.717, 1.165) is 12.8 Å². The van der Waals surface area contributed by atoms with Crippen LogP contribution >= 0.6 is 0 Å². The van der Waals surface area contributed by atoms with Crippen LogP contribution in [0.4, 0.5) is 8.78 Å². The Morgan fingerprint density at radius 2 is 1.61 bits per heavy atom. The third kappa shape index (κ3) is 4.58. The minimum Gasteiger partial charge on any atom is -0.346 e. The van der Waals surface area contributed by atoms with E-state index < -0.39 is 11.6 Å². The van der Waals surface area contributed by atoms with Crippen LogP contribution in [0, 0.1) is 11.6 Å². The smallest absolute Gasteiger partial charge is 0.270 e. The van der Waals surface area contributed by atoms with Gasteiger partial charge in [-0.1, -0.05) is 44.2 Å². The van der Waals surface area contributed by atoms with Gasteiger partial charge in [-0.25, -0.2) is 13.8 Å². The molecule has 1 saturated carbocycles. The molecule has 170 valence electrons. The maximum absolute atomic E-state index is 14.2. The Hall–Kier alpha value is -3.74. The second-order valence-corrected chi connectivity index (χ2v) is 7.99. The number of carbonyl (C=O) groups excluding carboxylic acids is 1. The molecular weight excluding hydrogens is 422 g/mol. The monoisotopic (exact) mass is 448 g/mol. The molecule has 7 heteroatoms. The van der Waals surface area contributed by atoms with Crippen LogP contribution in [-0.2, 0) is 0 Å². The summed E-state index contributed by atoms with van der Waals surface area (Å²) < 4.78 is 28.3. The minimum absolute atomic E-state index is 0. The highest BCUT2D eigenvalue weighted by molar-refractivity contribution is 5.96. The van der Waals surface area contributed by atoms with Gasteiger partial charge in [0.25, 0.3) is 5.91 Å². The lowest BCUT2D eigenvalue weighted by Crippen LogP contribution is -2.34. The molecule has 0 spiro atoms. The van der Waals surface area contributed by atoms with Gasteiger partial charge in [0, 0.05) is 17.9 Å². The van der Waals surface area contributed by atoms with Crippen LogP contribution in [0.25, 0.3) is 33.4 Å². The number of hydrogen-bond acceptors (Lipinski definition) is 4.